The molecule has 132 valence electrons. The third kappa shape index (κ3) is 3.49. The van der Waals surface area contributed by atoms with Crippen LogP contribution in [0.4, 0.5) is 0 Å². The first-order valence-corrected chi connectivity index (χ1v) is 9.20. The molecule has 7 heteroatoms. The minimum Gasteiger partial charge on any atom is -0.461 e. The second-order valence-electron chi connectivity index (χ2n) is 6.97. The number of hydrogen-bond donors (Lipinski definition) is 0. The van der Waals surface area contributed by atoms with Gasteiger partial charge in [0.05, 0.1) is 23.5 Å². The lowest BCUT2D eigenvalue weighted by molar-refractivity contribution is 0.00578. The molecule has 5 nitrogen and oxygen atoms in total. The van der Waals surface area contributed by atoms with Crippen molar-refractivity contribution in [2.75, 3.05) is 6.61 Å². The normalized spacial score (nSPS) is 18.4. The second kappa shape index (κ2) is 6.55. The molecule has 1 aliphatic rings. The molecular weight excluding hydrogens is 337 g/mol. The van der Waals surface area contributed by atoms with Gasteiger partial charge in [-0.05, 0) is 40.1 Å². The zero-order valence-corrected chi connectivity index (χ0v) is 16.0. The number of benzene rings is 1. The van der Waals surface area contributed by atoms with Crippen molar-refractivity contribution in [1.82, 2.24) is 4.98 Å². The summed E-state index contributed by atoms with van der Waals surface area (Å²) in [5.41, 5.74) is 1.93. The van der Waals surface area contributed by atoms with Crippen LogP contribution in [0.3, 0.4) is 0 Å². The number of nitrogens with zero attached hydrogens (tertiary/aromatic N) is 1. The third-order valence-corrected chi connectivity index (χ3v) is 5.51. The molecule has 1 aromatic carbocycles. The minimum atomic E-state index is -0.385. The molecule has 25 heavy (non-hydrogen) atoms. The Hall–Kier alpha value is -1.70. The van der Waals surface area contributed by atoms with Crippen LogP contribution in [-0.4, -0.2) is 35.9 Å². The lowest BCUT2D eigenvalue weighted by Crippen LogP contribution is -2.41. The first kappa shape index (κ1) is 18.1. The van der Waals surface area contributed by atoms with Crippen LogP contribution in [0.25, 0.3) is 11.3 Å². The fraction of sp³-hybridized carbons (Fsp3) is 0.444. The second-order valence-corrected chi connectivity index (χ2v) is 7.83. The van der Waals surface area contributed by atoms with Crippen molar-refractivity contribution in [3.63, 3.8) is 0 Å². The van der Waals surface area contributed by atoms with Gasteiger partial charge in [-0.1, -0.05) is 24.3 Å². The zero-order valence-electron chi connectivity index (χ0n) is 15.2. The van der Waals surface area contributed by atoms with E-state index in [0.717, 1.165) is 16.7 Å². The van der Waals surface area contributed by atoms with E-state index in [0.29, 0.717) is 11.6 Å². The number of carbonyl (C=O) groups is 1. The number of esters is 1. The first-order chi connectivity index (χ1) is 11.7. The molecule has 0 saturated carbocycles. The highest BCUT2D eigenvalue weighted by molar-refractivity contribution is 7.11. The van der Waals surface area contributed by atoms with Gasteiger partial charge in [-0.3, -0.25) is 0 Å². The van der Waals surface area contributed by atoms with Gasteiger partial charge in [0.15, 0.2) is 0 Å². The van der Waals surface area contributed by atoms with E-state index in [1.807, 2.05) is 57.3 Å². The largest absolute Gasteiger partial charge is 0.494 e. The highest BCUT2D eigenvalue weighted by Crippen LogP contribution is 2.36. The maximum atomic E-state index is 11.7. The smallest absolute Gasteiger partial charge is 0.461 e. The standard InChI is InChI=1S/C18H22BNO4S/c1-6-22-16(21)15-20-14(11-25-15)12-7-9-13(10-8-12)19-23-17(2,3)18(4,5)24-19/h7-11H,6H2,1-5H3. The summed E-state index contributed by atoms with van der Waals surface area (Å²) >= 11 is 1.29. The molecule has 1 saturated heterocycles. The van der Waals surface area contributed by atoms with E-state index < -0.39 is 0 Å². The molecule has 0 spiro atoms. The molecule has 0 atom stereocenters. The first-order valence-electron chi connectivity index (χ1n) is 8.32. The Morgan fingerprint density at radius 2 is 1.76 bits per heavy atom. The lowest BCUT2D eigenvalue weighted by Gasteiger charge is -2.32. The number of carbonyl (C=O) groups excluding carboxylic acids is 1. The van der Waals surface area contributed by atoms with Crippen molar-refractivity contribution < 1.29 is 18.8 Å². The highest BCUT2D eigenvalue weighted by Gasteiger charge is 2.51. The Kier molecular flexibility index (Phi) is 4.75. The molecule has 3 rings (SSSR count). The van der Waals surface area contributed by atoms with Gasteiger partial charge in [0.1, 0.15) is 0 Å². The van der Waals surface area contributed by atoms with Gasteiger partial charge < -0.3 is 14.0 Å². The molecule has 2 heterocycles. The van der Waals surface area contributed by atoms with Gasteiger partial charge in [-0.25, -0.2) is 9.78 Å². The van der Waals surface area contributed by atoms with Crippen molar-refractivity contribution in [2.45, 2.75) is 45.8 Å². The molecular formula is C18H22BNO4S. The maximum absolute atomic E-state index is 11.7. The molecule has 0 aliphatic carbocycles. The Morgan fingerprint density at radius 3 is 2.32 bits per heavy atom. The summed E-state index contributed by atoms with van der Waals surface area (Å²) in [6, 6.07) is 7.87. The molecule has 0 radical (unpaired) electrons. The lowest BCUT2D eigenvalue weighted by atomic mass is 9.79. The Bertz CT molecular complexity index is 754. The summed E-state index contributed by atoms with van der Waals surface area (Å²) in [6.45, 7) is 10.3. The Labute approximate surface area is 152 Å². The predicted molar refractivity (Wildman–Crippen MR) is 99.2 cm³/mol. The van der Waals surface area contributed by atoms with Crippen molar-refractivity contribution in [2.24, 2.45) is 0 Å². The summed E-state index contributed by atoms with van der Waals surface area (Å²) < 4.78 is 17.1. The van der Waals surface area contributed by atoms with Crippen molar-refractivity contribution in [3.05, 3.63) is 34.7 Å². The van der Waals surface area contributed by atoms with Crippen LogP contribution in [0, 0.1) is 0 Å². The van der Waals surface area contributed by atoms with Crippen molar-refractivity contribution >= 4 is 29.9 Å². The molecule has 2 aromatic rings. The van der Waals surface area contributed by atoms with Gasteiger partial charge in [0, 0.05) is 10.9 Å². The quantitative estimate of drug-likeness (QED) is 0.619. The van der Waals surface area contributed by atoms with Crippen molar-refractivity contribution in [3.8, 4) is 11.3 Å². The fourth-order valence-electron chi connectivity index (χ4n) is 2.48. The Morgan fingerprint density at radius 1 is 1.16 bits per heavy atom. The maximum Gasteiger partial charge on any atom is 0.494 e. The molecule has 0 bridgehead atoms. The molecule has 0 N–H and O–H groups in total. The molecule has 1 aromatic heterocycles. The summed E-state index contributed by atoms with van der Waals surface area (Å²) in [5.74, 6) is -0.382. The predicted octanol–water partition coefficient (Wildman–Crippen LogP) is 3.29. The van der Waals surface area contributed by atoms with Crippen LogP contribution in [0.15, 0.2) is 29.6 Å². The van der Waals surface area contributed by atoms with Crippen LogP contribution in [0.2, 0.25) is 0 Å². The van der Waals surface area contributed by atoms with E-state index in [2.05, 4.69) is 4.98 Å². The monoisotopic (exact) mass is 359 g/mol. The Balaban J connectivity index is 1.76. The van der Waals surface area contributed by atoms with E-state index in [-0.39, 0.29) is 24.3 Å². The number of rotatable bonds is 4. The van der Waals surface area contributed by atoms with E-state index in [1.54, 1.807) is 6.92 Å². The van der Waals surface area contributed by atoms with Crippen LogP contribution in [0.5, 0.6) is 0 Å². The van der Waals surface area contributed by atoms with E-state index in [1.165, 1.54) is 11.3 Å². The van der Waals surface area contributed by atoms with E-state index >= 15 is 0 Å². The highest BCUT2D eigenvalue weighted by atomic mass is 32.1. The average Bonchev–Trinajstić information content (AvgIpc) is 3.11. The van der Waals surface area contributed by atoms with Crippen molar-refractivity contribution in [1.29, 1.82) is 0 Å². The van der Waals surface area contributed by atoms with Crippen LogP contribution < -0.4 is 5.46 Å². The summed E-state index contributed by atoms with van der Waals surface area (Å²) in [4.78, 5) is 16.1. The zero-order chi connectivity index (χ0) is 18.2. The van der Waals surface area contributed by atoms with Gasteiger partial charge in [-0.15, -0.1) is 11.3 Å². The summed E-state index contributed by atoms with van der Waals surface area (Å²) in [6.07, 6.45) is 0. The number of ether oxygens (including phenoxy) is 1. The SMILES string of the molecule is CCOC(=O)c1nc(-c2ccc(B3OC(C)(C)C(C)(C)O3)cc2)cs1. The van der Waals surface area contributed by atoms with E-state index in [9.17, 15) is 4.79 Å². The molecule has 1 fully saturated rings. The van der Waals surface area contributed by atoms with Crippen LogP contribution in [0.1, 0.15) is 44.4 Å². The van der Waals surface area contributed by atoms with Gasteiger partial charge >= 0.3 is 13.1 Å². The summed E-state index contributed by atoms with van der Waals surface area (Å²) in [5, 5.41) is 2.22. The molecule has 0 unspecified atom stereocenters. The van der Waals surface area contributed by atoms with E-state index in [4.69, 9.17) is 14.0 Å². The topological polar surface area (TPSA) is 57.7 Å². The number of aromatic nitrogens is 1. The molecule has 0 amide bonds. The summed E-state index contributed by atoms with van der Waals surface area (Å²) in [7, 11) is -0.385. The van der Waals surface area contributed by atoms with Crippen LogP contribution in [-0.2, 0) is 14.0 Å². The molecule has 1 aliphatic heterocycles. The average molecular weight is 359 g/mol. The van der Waals surface area contributed by atoms with Gasteiger partial charge in [0.25, 0.3) is 0 Å². The fourth-order valence-corrected chi connectivity index (χ4v) is 3.20. The third-order valence-electron chi connectivity index (χ3n) is 4.69. The van der Waals surface area contributed by atoms with Gasteiger partial charge in [0.2, 0.25) is 5.01 Å². The number of hydrogen-bond acceptors (Lipinski definition) is 6. The number of thiazole rings is 1. The van der Waals surface area contributed by atoms with Crippen LogP contribution >= 0.6 is 11.3 Å². The minimum absolute atomic E-state index is 0.344. The van der Waals surface area contributed by atoms with Gasteiger partial charge in [-0.2, -0.15) is 0 Å².